The lowest BCUT2D eigenvalue weighted by Gasteiger charge is -2.07. The first-order chi connectivity index (χ1) is 10.0. The molecule has 0 atom stereocenters. The highest BCUT2D eigenvalue weighted by molar-refractivity contribution is 9.08. The minimum Gasteiger partial charge on any atom is -0.322 e. The summed E-state index contributed by atoms with van der Waals surface area (Å²) in [5.74, 6) is -0.612. The molecule has 1 amide bonds. The van der Waals surface area contributed by atoms with E-state index in [1.54, 1.807) is 12.1 Å². The lowest BCUT2D eigenvalue weighted by Crippen LogP contribution is -2.14. The highest BCUT2D eigenvalue weighted by Gasteiger charge is 2.23. The van der Waals surface area contributed by atoms with E-state index in [0.29, 0.717) is 11.0 Å². The van der Waals surface area contributed by atoms with Gasteiger partial charge in [-0.3, -0.25) is 14.9 Å². The molecule has 1 N–H and O–H groups in total. The Bertz CT molecular complexity index is 689. The van der Waals surface area contributed by atoms with Crippen molar-refractivity contribution < 1.29 is 9.72 Å². The van der Waals surface area contributed by atoms with Crippen molar-refractivity contribution in [2.75, 3.05) is 5.32 Å². The third kappa shape index (κ3) is 3.59. The van der Waals surface area contributed by atoms with Crippen LogP contribution in [0.15, 0.2) is 42.5 Å². The van der Waals surface area contributed by atoms with Crippen LogP contribution in [-0.4, -0.2) is 10.8 Å². The molecule has 2 rings (SSSR count). The highest BCUT2D eigenvalue weighted by atomic mass is 79.9. The van der Waals surface area contributed by atoms with Crippen LogP contribution in [0.4, 0.5) is 11.4 Å². The van der Waals surface area contributed by atoms with Gasteiger partial charge in [-0.1, -0.05) is 45.7 Å². The molecule has 7 heteroatoms. The van der Waals surface area contributed by atoms with Gasteiger partial charge in [0.2, 0.25) is 0 Å². The van der Waals surface area contributed by atoms with E-state index in [0.717, 1.165) is 5.56 Å². The van der Waals surface area contributed by atoms with Crippen LogP contribution in [0.5, 0.6) is 0 Å². The lowest BCUT2D eigenvalue weighted by molar-refractivity contribution is -0.385. The summed E-state index contributed by atoms with van der Waals surface area (Å²) >= 11 is 9.24. The third-order valence-electron chi connectivity index (χ3n) is 2.78. The Kier molecular flexibility index (Phi) is 4.93. The fraction of sp³-hybridized carbons (Fsp3) is 0.0714. The summed E-state index contributed by atoms with van der Waals surface area (Å²) in [5, 5.41) is 14.3. The van der Waals surface area contributed by atoms with Crippen LogP contribution in [0.1, 0.15) is 15.9 Å². The molecular weight excluding hydrogens is 360 g/mol. The van der Waals surface area contributed by atoms with Gasteiger partial charge < -0.3 is 5.32 Å². The van der Waals surface area contributed by atoms with E-state index in [2.05, 4.69) is 21.2 Å². The molecule has 0 saturated heterocycles. The van der Waals surface area contributed by atoms with Gasteiger partial charge >= 0.3 is 0 Å². The Hall–Kier alpha value is -1.92. The Morgan fingerprint density at radius 1 is 1.24 bits per heavy atom. The number of halogens is 2. The summed E-state index contributed by atoms with van der Waals surface area (Å²) < 4.78 is 0. The molecule has 0 aliphatic heterocycles. The fourth-order valence-electron chi connectivity index (χ4n) is 1.76. The number of amides is 1. The molecule has 108 valence electrons. The Balaban J connectivity index is 2.29. The smallest absolute Gasteiger partial charge is 0.283 e. The second-order valence-electron chi connectivity index (χ2n) is 4.18. The van der Waals surface area contributed by atoms with Crippen molar-refractivity contribution in [1.29, 1.82) is 0 Å². The summed E-state index contributed by atoms with van der Waals surface area (Å²) in [6.45, 7) is 0. The molecule has 0 heterocycles. The van der Waals surface area contributed by atoms with Crippen molar-refractivity contribution in [3.8, 4) is 0 Å². The predicted molar refractivity (Wildman–Crippen MR) is 85.1 cm³/mol. The second-order valence-corrected chi connectivity index (χ2v) is 5.14. The van der Waals surface area contributed by atoms with Gasteiger partial charge in [0.15, 0.2) is 0 Å². The molecule has 0 saturated carbocycles. The van der Waals surface area contributed by atoms with Gasteiger partial charge in [-0.05, 0) is 23.8 Å². The predicted octanol–water partition coefficient (Wildman–Crippen LogP) is 4.40. The number of benzene rings is 2. The summed E-state index contributed by atoms with van der Waals surface area (Å²) in [6, 6.07) is 11.2. The van der Waals surface area contributed by atoms with Gasteiger partial charge in [0, 0.05) is 17.1 Å². The maximum Gasteiger partial charge on any atom is 0.283 e. The number of carbonyl (C=O) groups excluding carboxylic acids is 1. The van der Waals surface area contributed by atoms with Gasteiger partial charge in [-0.2, -0.15) is 0 Å². The van der Waals surface area contributed by atoms with E-state index < -0.39 is 10.8 Å². The maximum absolute atomic E-state index is 12.2. The zero-order valence-electron chi connectivity index (χ0n) is 10.7. The summed E-state index contributed by atoms with van der Waals surface area (Å²) in [5.41, 5.74) is 1.13. The van der Waals surface area contributed by atoms with E-state index in [1.807, 2.05) is 12.1 Å². The van der Waals surface area contributed by atoms with Crippen LogP contribution in [0, 0.1) is 10.1 Å². The monoisotopic (exact) mass is 368 g/mol. The first-order valence-electron chi connectivity index (χ1n) is 5.92. The molecule has 0 bridgehead atoms. The largest absolute Gasteiger partial charge is 0.322 e. The number of rotatable bonds is 4. The number of alkyl halides is 1. The molecule has 2 aromatic rings. The zero-order chi connectivity index (χ0) is 15.4. The first kappa shape index (κ1) is 15.5. The highest BCUT2D eigenvalue weighted by Crippen LogP contribution is 2.27. The average molecular weight is 370 g/mol. The summed E-state index contributed by atoms with van der Waals surface area (Å²) in [4.78, 5) is 22.6. The van der Waals surface area contributed by atoms with Crippen molar-refractivity contribution >= 4 is 44.8 Å². The standard InChI is InChI=1S/C14H10BrClN2O3/c15-8-9-4-6-10(7-5-9)17-14(19)13-11(16)2-1-3-12(13)18(20)21/h1-7H,8H2,(H,17,19). The van der Waals surface area contributed by atoms with Crippen LogP contribution < -0.4 is 5.32 Å². The topological polar surface area (TPSA) is 72.2 Å². The third-order valence-corrected chi connectivity index (χ3v) is 3.74. The summed E-state index contributed by atoms with van der Waals surface area (Å²) in [7, 11) is 0. The molecule has 0 fully saturated rings. The van der Waals surface area contributed by atoms with Crippen molar-refractivity contribution in [3.05, 3.63) is 68.7 Å². The van der Waals surface area contributed by atoms with Crippen LogP contribution in [0.3, 0.4) is 0 Å². The number of nitrogens with one attached hydrogen (secondary N) is 1. The molecular formula is C14H10BrClN2O3. The fourth-order valence-corrected chi connectivity index (χ4v) is 2.39. The molecule has 0 aromatic heterocycles. The molecule has 0 radical (unpaired) electrons. The Morgan fingerprint density at radius 3 is 2.48 bits per heavy atom. The van der Waals surface area contributed by atoms with Crippen molar-refractivity contribution in [1.82, 2.24) is 0 Å². The number of nitro benzene ring substituents is 1. The van der Waals surface area contributed by atoms with Crippen LogP contribution >= 0.6 is 27.5 Å². The Morgan fingerprint density at radius 2 is 1.90 bits per heavy atom. The normalized spacial score (nSPS) is 10.2. The molecule has 2 aromatic carbocycles. The summed E-state index contributed by atoms with van der Waals surface area (Å²) in [6.07, 6.45) is 0. The van der Waals surface area contributed by atoms with Crippen molar-refractivity contribution in [2.45, 2.75) is 5.33 Å². The second kappa shape index (κ2) is 6.69. The van der Waals surface area contributed by atoms with Crippen molar-refractivity contribution in [2.24, 2.45) is 0 Å². The molecule has 0 aliphatic carbocycles. The maximum atomic E-state index is 12.2. The number of hydrogen-bond donors (Lipinski definition) is 1. The number of nitro groups is 1. The number of hydrogen-bond acceptors (Lipinski definition) is 3. The molecule has 5 nitrogen and oxygen atoms in total. The van der Waals surface area contributed by atoms with Gasteiger partial charge in [-0.25, -0.2) is 0 Å². The molecule has 0 aliphatic rings. The SMILES string of the molecule is O=C(Nc1ccc(CBr)cc1)c1c(Cl)cccc1[N+](=O)[O-]. The van der Waals surface area contributed by atoms with Gasteiger partial charge in [0.25, 0.3) is 11.6 Å². The first-order valence-corrected chi connectivity index (χ1v) is 7.42. The van der Waals surface area contributed by atoms with E-state index in [9.17, 15) is 14.9 Å². The minimum atomic E-state index is -0.630. The quantitative estimate of drug-likeness (QED) is 0.493. The minimum absolute atomic E-state index is 0.0405. The zero-order valence-corrected chi connectivity index (χ0v) is 13.0. The van der Waals surface area contributed by atoms with Crippen LogP contribution in [0.2, 0.25) is 5.02 Å². The van der Waals surface area contributed by atoms with Crippen LogP contribution in [0.25, 0.3) is 0 Å². The van der Waals surface area contributed by atoms with E-state index in [-0.39, 0.29) is 16.3 Å². The number of nitrogens with zero attached hydrogens (tertiary/aromatic N) is 1. The van der Waals surface area contributed by atoms with Gasteiger partial charge in [0.05, 0.1) is 9.95 Å². The van der Waals surface area contributed by atoms with E-state index in [1.165, 1.54) is 18.2 Å². The van der Waals surface area contributed by atoms with Gasteiger partial charge in [-0.15, -0.1) is 0 Å². The molecule has 0 spiro atoms. The van der Waals surface area contributed by atoms with E-state index >= 15 is 0 Å². The van der Waals surface area contributed by atoms with Crippen LogP contribution in [-0.2, 0) is 5.33 Å². The average Bonchev–Trinajstić information content (AvgIpc) is 2.47. The molecule has 0 unspecified atom stereocenters. The Labute approximate surface area is 134 Å². The van der Waals surface area contributed by atoms with Crippen molar-refractivity contribution in [3.63, 3.8) is 0 Å². The van der Waals surface area contributed by atoms with Gasteiger partial charge in [0.1, 0.15) is 5.56 Å². The van der Waals surface area contributed by atoms with E-state index in [4.69, 9.17) is 11.6 Å². The number of anilines is 1. The number of carbonyl (C=O) groups is 1. The molecule has 21 heavy (non-hydrogen) atoms. The lowest BCUT2D eigenvalue weighted by atomic mass is 10.1.